The summed E-state index contributed by atoms with van der Waals surface area (Å²) in [6.45, 7) is 4.00. The lowest BCUT2D eigenvalue weighted by atomic mass is 10.1. The van der Waals surface area contributed by atoms with Crippen LogP contribution in [0.3, 0.4) is 0 Å². The third-order valence-corrected chi connectivity index (χ3v) is 5.69. The van der Waals surface area contributed by atoms with Crippen molar-refractivity contribution in [2.24, 2.45) is 0 Å². The van der Waals surface area contributed by atoms with E-state index < -0.39 is 0 Å². The lowest BCUT2D eigenvalue weighted by molar-refractivity contribution is 0.102. The molecule has 0 N–H and O–H groups in total. The van der Waals surface area contributed by atoms with E-state index in [9.17, 15) is 4.79 Å². The highest BCUT2D eigenvalue weighted by atomic mass is 32.2. The number of hydrogen-bond acceptors (Lipinski definition) is 5. The zero-order valence-electron chi connectivity index (χ0n) is 16.3. The maximum absolute atomic E-state index is 12.7. The maximum Gasteiger partial charge on any atom is 0.196 e. The van der Waals surface area contributed by atoms with Gasteiger partial charge in [0.2, 0.25) is 0 Å². The van der Waals surface area contributed by atoms with Gasteiger partial charge >= 0.3 is 0 Å². The van der Waals surface area contributed by atoms with Gasteiger partial charge in [0.25, 0.3) is 0 Å². The molecule has 0 aliphatic rings. The molecule has 4 aromatic rings. The molecule has 2 heterocycles. The molecule has 4 rings (SSSR count). The number of rotatable bonds is 7. The highest BCUT2D eigenvalue weighted by Gasteiger charge is 2.19. The Labute approximate surface area is 173 Å². The average Bonchev–Trinajstić information content (AvgIpc) is 3.38. The summed E-state index contributed by atoms with van der Waals surface area (Å²) >= 11 is 1.39. The Morgan fingerprint density at radius 2 is 1.79 bits per heavy atom. The summed E-state index contributed by atoms with van der Waals surface area (Å²) in [6, 6.07) is 19.6. The normalized spacial score (nSPS) is 11.0. The van der Waals surface area contributed by atoms with Crippen LogP contribution in [0.5, 0.6) is 0 Å². The molecule has 146 valence electrons. The van der Waals surface area contributed by atoms with Crippen molar-refractivity contribution in [2.45, 2.75) is 25.4 Å². The molecule has 0 atom stereocenters. The lowest BCUT2D eigenvalue weighted by Crippen LogP contribution is -2.05. The highest BCUT2D eigenvalue weighted by molar-refractivity contribution is 7.99. The van der Waals surface area contributed by atoms with E-state index in [0.717, 1.165) is 23.4 Å². The largest absolute Gasteiger partial charge is 0.469 e. The number of aryl methyl sites for hydroxylation is 2. The smallest absolute Gasteiger partial charge is 0.196 e. The van der Waals surface area contributed by atoms with Gasteiger partial charge in [0.1, 0.15) is 5.76 Å². The summed E-state index contributed by atoms with van der Waals surface area (Å²) in [7, 11) is 0. The summed E-state index contributed by atoms with van der Waals surface area (Å²) in [6.07, 6.45) is 2.60. The van der Waals surface area contributed by atoms with Crippen molar-refractivity contribution in [3.05, 3.63) is 83.8 Å². The SMILES string of the molecule is CCc1ccc(C(=O)CSc2nnc(-c3ccoc3C)n2-c2ccccc2)cc1. The summed E-state index contributed by atoms with van der Waals surface area (Å²) in [5.41, 5.74) is 3.76. The molecule has 0 aliphatic heterocycles. The van der Waals surface area contributed by atoms with Gasteiger partial charge in [-0.2, -0.15) is 0 Å². The van der Waals surface area contributed by atoms with Crippen LogP contribution in [-0.4, -0.2) is 26.3 Å². The van der Waals surface area contributed by atoms with Crippen molar-refractivity contribution < 1.29 is 9.21 Å². The molecule has 0 aliphatic carbocycles. The van der Waals surface area contributed by atoms with Crippen molar-refractivity contribution >= 4 is 17.5 Å². The number of thioether (sulfide) groups is 1. The Morgan fingerprint density at radius 3 is 2.45 bits per heavy atom. The average molecular weight is 404 g/mol. The van der Waals surface area contributed by atoms with Crippen LogP contribution in [0.25, 0.3) is 17.1 Å². The molecule has 2 aromatic heterocycles. The van der Waals surface area contributed by atoms with E-state index in [1.54, 1.807) is 6.26 Å². The van der Waals surface area contributed by atoms with Crippen LogP contribution in [0.2, 0.25) is 0 Å². The number of benzene rings is 2. The second kappa shape index (κ2) is 8.49. The van der Waals surface area contributed by atoms with E-state index in [1.807, 2.05) is 72.2 Å². The fraction of sp³-hybridized carbons (Fsp3) is 0.174. The van der Waals surface area contributed by atoms with Gasteiger partial charge in [-0.15, -0.1) is 10.2 Å². The molecule has 29 heavy (non-hydrogen) atoms. The minimum Gasteiger partial charge on any atom is -0.469 e. The van der Waals surface area contributed by atoms with Crippen LogP contribution >= 0.6 is 11.8 Å². The number of furan rings is 1. The Balaban J connectivity index is 1.63. The number of hydrogen-bond donors (Lipinski definition) is 0. The molecule has 0 fully saturated rings. The third-order valence-electron chi connectivity index (χ3n) is 4.76. The maximum atomic E-state index is 12.7. The lowest BCUT2D eigenvalue weighted by Gasteiger charge is -2.09. The van der Waals surface area contributed by atoms with E-state index in [4.69, 9.17) is 4.42 Å². The third kappa shape index (κ3) is 4.03. The van der Waals surface area contributed by atoms with E-state index in [-0.39, 0.29) is 5.78 Å². The van der Waals surface area contributed by atoms with Gasteiger partial charge in [-0.25, -0.2) is 0 Å². The molecule has 0 saturated heterocycles. The molecule has 0 bridgehead atoms. The quantitative estimate of drug-likeness (QED) is 0.306. The summed E-state index contributed by atoms with van der Waals surface area (Å²) in [5.74, 6) is 1.84. The first kappa shape index (κ1) is 19.2. The predicted octanol–water partition coefficient (Wildman–Crippen LogP) is 5.37. The van der Waals surface area contributed by atoms with Gasteiger partial charge in [-0.1, -0.05) is 61.2 Å². The van der Waals surface area contributed by atoms with Gasteiger partial charge in [0.15, 0.2) is 16.8 Å². The molecule has 0 radical (unpaired) electrons. The predicted molar refractivity (Wildman–Crippen MR) is 115 cm³/mol. The van der Waals surface area contributed by atoms with Crippen LogP contribution in [0.4, 0.5) is 0 Å². The zero-order chi connectivity index (χ0) is 20.2. The van der Waals surface area contributed by atoms with Crippen molar-refractivity contribution in [1.82, 2.24) is 14.8 Å². The standard InChI is InChI=1S/C23H21N3O2S/c1-3-17-9-11-18(12-10-17)21(27)15-29-23-25-24-22(20-13-14-28-16(20)2)26(23)19-7-5-4-6-8-19/h4-14H,3,15H2,1-2H3. The Hall–Kier alpha value is -3.12. The Kier molecular flexibility index (Phi) is 5.62. The van der Waals surface area contributed by atoms with Crippen molar-refractivity contribution in [1.29, 1.82) is 0 Å². The number of nitrogens with zero attached hydrogens (tertiary/aromatic N) is 3. The number of carbonyl (C=O) groups excluding carboxylic acids is 1. The van der Waals surface area contributed by atoms with Gasteiger partial charge in [0, 0.05) is 11.3 Å². The molecule has 0 saturated carbocycles. The molecule has 0 spiro atoms. The molecular formula is C23H21N3O2S. The minimum atomic E-state index is 0.0707. The number of aromatic nitrogens is 3. The minimum absolute atomic E-state index is 0.0707. The first-order valence-electron chi connectivity index (χ1n) is 9.47. The molecular weight excluding hydrogens is 382 g/mol. The second-order valence-corrected chi connectivity index (χ2v) is 7.57. The molecule has 2 aromatic carbocycles. The van der Waals surface area contributed by atoms with Crippen molar-refractivity contribution in [2.75, 3.05) is 5.75 Å². The second-order valence-electron chi connectivity index (χ2n) is 6.63. The molecule has 6 heteroatoms. The molecule has 0 unspecified atom stereocenters. The van der Waals surface area contributed by atoms with E-state index in [0.29, 0.717) is 22.3 Å². The Morgan fingerprint density at radius 1 is 1.03 bits per heavy atom. The van der Waals surface area contributed by atoms with Crippen molar-refractivity contribution in [3.8, 4) is 17.1 Å². The first-order chi connectivity index (χ1) is 14.2. The van der Waals surface area contributed by atoms with E-state index in [1.165, 1.54) is 17.3 Å². The zero-order valence-corrected chi connectivity index (χ0v) is 17.1. The molecule has 5 nitrogen and oxygen atoms in total. The van der Waals surface area contributed by atoms with Crippen LogP contribution in [-0.2, 0) is 6.42 Å². The number of carbonyl (C=O) groups is 1. The van der Waals surface area contributed by atoms with E-state index >= 15 is 0 Å². The van der Waals surface area contributed by atoms with Crippen LogP contribution in [0.15, 0.2) is 76.5 Å². The van der Waals surface area contributed by atoms with Crippen LogP contribution < -0.4 is 0 Å². The van der Waals surface area contributed by atoms with E-state index in [2.05, 4.69) is 17.1 Å². The van der Waals surface area contributed by atoms with Crippen LogP contribution in [0.1, 0.15) is 28.6 Å². The van der Waals surface area contributed by atoms with Gasteiger partial charge in [0.05, 0.1) is 17.6 Å². The monoisotopic (exact) mass is 403 g/mol. The molecule has 0 amide bonds. The fourth-order valence-electron chi connectivity index (χ4n) is 3.10. The highest BCUT2D eigenvalue weighted by Crippen LogP contribution is 2.30. The summed E-state index contributed by atoms with van der Waals surface area (Å²) in [5, 5.41) is 9.43. The topological polar surface area (TPSA) is 60.9 Å². The van der Waals surface area contributed by atoms with Gasteiger partial charge in [-0.3, -0.25) is 9.36 Å². The van der Waals surface area contributed by atoms with Gasteiger partial charge in [-0.05, 0) is 37.1 Å². The first-order valence-corrected chi connectivity index (χ1v) is 10.5. The number of Topliss-reactive ketones (excluding diaryl/α,β-unsaturated/α-hetero) is 1. The fourth-order valence-corrected chi connectivity index (χ4v) is 3.95. The van der Waals surface area contributed by atoms with Crippen molar-refractivity contribution in [3.63, 3.8) is 0 Å². The van der Waals surface area contributed by atoms with Gasteiger partial charge < -0.3 is 4.42 Å². The summed E-state index contributed by atoms with van der Waals surface area (Å²) < 4.78 is 7.42. The number of para-hydroxylation sites is 1. The summed E-state index contributed by atoms with van der Waals surface area (Å²) in [4.78, 5) is 12.7. The van der Waals surface area contributed by atoms with Crippen LogP contribution in [0, 0.1) is 6.92 Å². The number of ketones is 1. The Bertz CT molecular complexity index is 1110.